The predicted molar refractivity (Wildman–Crippen MR) is 104 cm³/mol. The van der Waals surface area contributed by atoms with Gasteiger partial charge in [0.05, 0.1) is 12.1 Å². The van der Waals surface area contributed by atoms with Crippen LogP contribution in [-0.4, -0.2) is 22.9 Å². The minimum Gasteiger partial charge on any atom is -0.478 e. The molecule has 9 heteroatoms. The molecule has 2 aromatic carbocycles. The molecule has 148 valence electrons. The molecule has 0 radical (unpaired) electrons. The Balaban J connectivity index is 1.36. The average molecular weight is 415 g/mol. The molecule has 0 spiro atoms. The summed E-state index contributed by atoms with van der Waals surface area (Å²) >= 11 is 1.22. The van der Waals surface area contributed by atoms with Crippen molar-refractivity contribution in [2.24, 2.45) is 0 Å². The number of carbonyl (C=O) groups is 2. The summed E-state index contributed by atoms with van der Waals surface area (Å²) in [6.45, 7) is 0. The number of nitrogens with zero attached hydrogens (tertiary/aromatic N) is 1. The minimum absolute atomic E-state index is 0.168. The Morgan fingerprint density at radius 3 is 2.86 bits per heavy atom. The molecular weight excluding hydrogens is 400 g/mol. The highest BCUT2D eigenvalue weighted by Gasteiger charge is 2.29. The molecule has 2 amide bonds. The number of aromatic nitrogens is 1. The fourth-order valence-corrected chi connectivity index (χ4v) is 3.73. The lowest BCUT2D eigenvalue weighted by Crippen LogP contribution is -2.39. The van der Waals surface area contributed by atoms with Crippen LogP contribution in [0.2, 0.25) is 0 Å². The molecule has 0 saturated heterocycles. The van der Waals surface area contributed by atoms with Crippen LogP contribution < -0.4 is 15.4 Å². The van der Waals surface area contributed by atoms with E-state index in [9.17, 15) is 18.4 Å². The van der Waals surface area contributed by atoms with Gasteiger partial charge in [0.1, 0.15) is 5.75 Å². The summed E-state index contributed by atoms with van der Waals surface area (Å²) in [7, 11) is 0. The molecule has 1 atom stereocenters. The first kappa shape index (κ1) is 19.0. The van der Waals surface area contributed by atoms with E-state index < -0.39 is 29.6 Å². The van der Waals surface area contributed by atoms with Gasteiger partial charge in [-0.15, -0.1) is 11.3 Å². The van der Waals surface area contributed by atoms with Crippen LogP contribution in [0.25, 0.3) is 0 Å². The third kappa shape index (κ3) is 4.40. The maximum Gasteiger partial charge on any atom is 0.266 e. The first-order valence-corrected chi connectivity index (χ1v) is 9.54. The number of halogens is 2. The van der Waals surface area contributed by atoms with Gasteiger partial charge >= 0.3 is 0 Å². The first-order chi connectivity index (χ1) is 14.0. The van der Waals surface area contributed by atoms with Crippen molar-refractivity contribution in [3.05, 3.63) is 70.7 Å². The average Bonchev–Trinajstić information content (AvgIpc) is 3.12. The molecule has 1 aliphatic rings. The second kappa shape index (κ2) is 7.96. The van der Waals surface area contributed by atoms with E-state index in [-0.39, 0.29) is 6.42 Å². The molecule has 2 heterocycles. The Morgan fingerprint density at radius 1 is 1.21 bits per heavy atom. The highest BCUT2D eigenvalue weighted by Crippen LogP contribution is 2.30. The Hall–Kier alpha value is -3.33. The summed E-state index contributed by atoms with van der Waals surface area (Å²) in [4.78, 5) is 29.3. The summed E-state index contributed by atoms with van der Waals surface area (Å²) in [6.07, 6.45) is 0.807. The number of hydrogen-bond acceptors (Lipinski definition) is 5. The van der Waals surface area contributed by atoms with Gasteiger partial charge in [0.25, 0.3) is 5.91 Å². The number of nitrogens with one attached hydrogen (secondary N) is 2. The monoisotopic (exact) mass is 415 g/mol. The van der Waals surface area contributed by atoms with Crippen LogP contribution >= 0.6 is 11.3 Å². The number of benzene rings is 2. The van der Waals surface area contributed by atoms with E-state index in [1.165, 1.54) is 17.4 Å². The van der Waals surface area contributed by atoms with Crippen LogP contribution in [0.1, 0.15) is 16.9 Å². The van der Waals surface area contributed by atoms with Crippen molar-refractivity contribution in [2.75, 3.05) is 10.6 Å². The largest absolute Gasteiger partial charge is 0.478 e. The lowest BCUT2D eigenvalue weighted by atomic mass is 10.1. The number of anilines is 2. The molecule has 1 aromatic heterocycles. The third-order valence-electron chi connectivity index (χ3n) is 4.24. The molecule has 2 N–H and O–H groups in total. The summed E-state index contributed by atoms with van der Waals surface area (Å²) < 4.78 is 31.9. The van der Waals surface area contributed by atoms with E-state index in [1.54, 1.807) is 30.5 Å². The third-order valence-corrected chi connectivity index (χ3v) is 5.15. The van der Waals surface area contributed by atoms with Gasteiger partial charge in [0.15, 0.2) is 22.9 Å². The summed E-state index contributed by atoms with van der Waals surface area (Å²) in [5, 5.41) is 5.69. The molecular formula is C20H15F2N3O3S. The number of carbonyl (C=O) groups excluding carboxylic acids is 2. The Morgan fingerprint density at radius 2 is 2.03 bits per heavy atom. The SMILES string of the molecule is O=C(C[C@@H]1Oc2ccccc2NC1=O)Nc1ncc(Cc2ccc(F)c(F)c2)s1. The topological polar surface area (TPSA) is 80.3 Å². The predicted octanol–water partition coefficient (Wildman–Crippen LogP) is 3.74. The van der Waals surface area contributed by atoms with Gasteiger partial charge in [-0.3, -0.25) is 9.59 Å². The summed E-state index contributed by atoms with van der Waals surface area (Å²) in [5.41, 5.74) is 1.16. The standard InChI is InChI=1S/C20H15F2N3O3S/c21-13-6-5-11(8-14(13)22)7-12-10-23-20(29-12)25-18(26)9-17-19(27)24-15-3-1-2-4-16(15)28-17/h1-6,8,10,17H,7,9H2,(H,24,27)(H,23,25,26)/t17-/m0/s1. The van der Waals surface area contributed by atoms with Crippen LogP contribution in [0.4, 0.5) is 19.6 Å². The van der Waals surface area contributed by atoms with E-state index in [2.05, 4.69) is 15.6 Å². The molecule has 0 unspecified atom stereocenters. The van der Waals surface area contributed by atoms with Crippen molar-refractivity contribution in [3.8, 4) is 5.75 Å². The fraction of sp³-hybridized carbons (Fsp3) is 0.150. The van der Waals surface area contributed by atoms with Gasteiger partial charge in [0.2, 0.25) is 5.91 Å². The van der Waals surface area contributed by atoms with Crippen LogP contribution in [-0.2, 0) is 16.0 Å². The van der Waals surface area contributed by atoms with Gasteiger partial charge in [-0.2, -0.15) is 0 Å². The number of fused-ring (bicyclic) bond motifs is 1. The zero-order chi connectivity index (χ0) is 20.4. The number of para-hydroxylation sites is 2. The molecule has 0 saturated carbocycles. The molecule has 1 aliphatic heterocycles. The Kier molecular flexibility index (Phi) is 5.22. The fourth-order valence-electron chi connectivity index (χ4n) is 2.86. The van der Waals surface area contributed by atoms with Crippen LogP contribution in [0, 0.1) is 11.6 Å². The molecule has 3 aromatic rings. The van der Waals surface area contributed by atoms with Gasteiger partial charge in [-0.25, -0.2) is 13.8 Å². The van der Waals surface area contributed by atoms with Gasteiger partial charge < -0.3 is 15.4 Å². The number of ether oxygens (including phenoxy) is 1. The molecule has 4 rings (SSSR count). The number of thiazole rings is 1. The Bertz CT molecular complexity index is 1090. The first-order valence-electron chi connectivity index (χ1n) is 8.73. The number of rotatable bonds is 5. The lowest BCUT2D eigenvalue weighted by Gasteiger charge is -2.25. The lowest BCUT2D eigenvalue weighted by molar-refractivity contribution is -0.128. The summed E-state index contributed by atoms with van der Waals surface area (Å²) in [5.74, 6) is -2.11. The molecule has 0 fully saturated rings. The summed E-state index contributed by atoms with van der Waals surface area (Å²) in [6, 6.07) is 10.7. The van der Waals surface area contributed by atoms with E-state index >= 15 is 0 Å². The number of amides is 2. The van der Waals surface area contributed by atoms with Crippen molar-refractivity contribution in [2.45, 2.75) is 18.9 Å². The second-order valence-corrected chi connectivity index (χ2v) is 7.52. The highest BCUT2D eigenvalue weighted by atomic mass is 32.1. The zero-order valence-electron chi connectivity index (χ0n) is 14.9. The van der Waals surface area contributed by atoms with Crippen LogP contribution in [0.3, 0.4) is 0 Å². The second-order valence-electron chi connectivity index (χ2n) is 6.40. The Labute approximate surface area is 168 Å². The van der Waals surface area contributed by atoms with Gasteiger partial charge in [-0.1, -0.05) is 18.2 Å². The van der Waals surface area contributed by atoms with Crippen molar-refractivity contribution >= 4 is 34.0 Å². The molecule has 0 bridgehead atoms. The van der Waals surface area contributed by atoms with E-state index in [0.29, 0.717) is 28.6 Å². The normalized spacial score (nSPS) is 15.2. The highest BCUT2D eigenvalue weighted by molar-refractivity contribution is 7.15. The maximum absolute atomic E-state index is 13.3. The maximum atomic E-state index is 13.3. The van der Waals surface area contributed by atoms with Crippen molar-refractivity contribution in [1.29, 1.82) is 0 Å². The van der Waals surface area contributed by atoms with Crippen molar-refractivity contribution in [1.82, 2.24) is 4.98 Å². The number of hydrogen-bond donors (Lipinski definition) is 2. The zero-order valence-corrected chi connectivity index (χ0v) is 15.8. The molecule has 6 nitrogen and oxygen atoms in total. The quantitative estimate of drug-likeness (QED) is 0.665. The van der Waals surface area contributed by atoms with Crippen LogP contribution in [0.5, 0.6) is 5.75 Å². The van der Waals surface area contributed by atoms with Gasteiger partial charge in [-0.05, 0) is 29.8 Å². The van der Waals surface area contributed by atoms with Crippen molar-refractivity contribution in [3.63, 3.8) is 0 Å². The van der Waals surface area contributed by atoms with E-state index in [0.717, 1.165) is 17.0 Å². The van der Waals surface area contributed by atoms with Gasteiger partial charge in [0, 0.05) is 17.5 Å². The van der Waals surface area contributed by atoms with E-state index in [4.69, 9.17) is 4.74 Å². The molecule has 0 aliphatic carbocycles. The van der Waals surface area contributed by atoms with Crippen LogP contribution in [0.15, 0.2) is 48.7 Å². The smallest absolute Gasteiger partial charge is 0.266 e. The van der Waals surface area contributed by atoms with Crippen molar-refractivity contribution < 1.29 is 23.1 Å². The van der Waals surface area contributed by atoms with E-state index in [1.807, 2.05) is 0 Å². The minimum atomic E-state index is -0.938. The molecule has 29 heavy (non-hydrogen) atoms.